The first-order valence-electron chi connectivity index (χ1n) is 4.50. The maximum Gasteiger partial charge on any atom is 0.115 e. The van der Waals surface area contributed by atoms with E-state index in [9.17, 15) is 5.11 Å². The van der Waals surface area contributed by atoms with Crippen LogP contribution in [0.15, 0.2) is 24.3 Å². The van der Waals surface area contributed by atoms with Gasteiger partial charge in [0.15, 0.2) is 0 Å². The van der Waals surface area contributed by atoms with Gasteiger partial charge in [0.25, 0.3) is 0 Å². The van der Waals surface area contributed by atoms with Crippen LogP contribution >= 0.6 is 0 Å². The van der Waals surface area contributed by atoms with E-state index in [1.807, 2.05) is 12.1 Å². The van der Waals surface area contributed by atoms with Gasteiger partial charge in [-0.3, -0.25) is 0 Å². The standard InChI is InChI=1S/C11H16O/c1-3-9(2)7-10-5-4-6-11(12)8-10/h4-6,8-9,12H,3,7H2,1-2H3. The largest absolute Gasteiger partial charge is 0.508 e. The summed E-state index contributed by atoms with van der Waals surface area (Å²) in [5.41, 5.74) is 1.23. The summed E-state index contributed by atoms with van der Waals surface area (Å²) in [7, 11) is 0. The predicted molar refractivity (Wildman–Crippen MR) is 51.3 cm³/mol. The van der Waals surface area contributed by atoms with Crippen LogP contribution in [0.2, 0.25) is 0 Å². The molecule has 0 aliphatic carbocycles. The molecule has 1 N–H and O–H groups in total. The fourth-order valence-corrected chi connectivity index (χ4v) is 1.23. The van der Waals surface area contributed by atoms with Crippen molar-refractivity contribution in [3.05, 3.63) is 29.8 Å². The molecule has 1 nitrogen and oxygen atoms in total. The quantitative estimate of drug-likeness (QED) is 0.728. The van der Waals surface area contributed by atoms with Crippen molar-refractivity contribution < 1.29 is 5.11 Å². The molecule has 0 radical (unpaired) electrons. The number of phenols is 1. The number of rotatable bonds is 3. The molecule has 1 rings (SSSR count). The summed E-state index contributed by atoms with van der Waals surface area (Å²) in [5.74, 6) is 1.07. The minimum absolute atomic E-state index is 0.371. The molecule has 1 heteroatoms. The summed E-state index contributed by atoms with van der Waals surface area (Å²) in [6.07, 6.45) is 2.25. The summed E-state index contributed by atoms with van der Waals surface area (Å²) in [5, 5.41) is 9.20. The highest BCUT2D eigenvalue weighted by atomic mass is 16.3. The van der Waals surface area contributed by atoms with Crippen LogP contribution < -0.4 is 0 Å². The fourth-order valence-electron chi connectivity index (χ4n) is 1.23. The molecule has 1 atom stereocenters. The molecule has 0 fully saturated rings. The molecule has 0 aliphatic rings. The van der Waals surface area contributed by atoms with Gasteiger partial charge in [-0.1, -0.05) is 32.4 Å². The highest BCUT2D eigenvalue weighted by Crippen LogP contribution is 2.15. The zero-order chi connectivity index (χ0) is 8.97. The van der Waals surface area contributed by atoms with E-state index in [-0.39, 0.29) is 0 Å². The van der Waals surface area contributed by atoms with Crippen molar-refractivity contribution in [1.29, 1.82) is 0 Å². The van der Waals surface area contributed by atoms with Gasteiger partial charge >= 0.3 is 0 Å². The molecular formula is C11H16O. The van der Waals surface area contributed by atoms with Crippen LogP contribution in [0, 0.1) is 5.92 Å². The second-order valence-corrected chi connectivity index (χ2v) is 3.39. The Morgan fingerprint density at radius 3 is 2.75 bits per heavy atom. The lowest BCUT2D eigenvalue weighted by Gasteiger charge is -2.07. The molecule has 0 spiro atoms. The van der Waals surface area contributed by atoms with Crippen molar-refractivity contribution in [1.82, 2.24) is 0 Å². The van der Waals surface area contributed by atoms with E-state index in [1.54, 1.807) is 6.07 Å². The molecule has 1 unspecified atom stereocenters. The van der Waals surface area contributed by atoms with Crippen LogP contribution in [0.1, 0.15) is 25.8 Å². The van der Waals surface area contributed by atoms with Gasteiger partial charge < -0.3 is 5.11 Å². The lowest BCUT2D eigenvalue weighted by molar-refractivity contribution is 0.473. The highest BCUT2D eigenvalue weighted by molar-refractivity contribution is 5.27. The number of hydrogen-bond donors (Lipinski definition) is 1. The number of aromatic hydroxyl groups is 1. The minimum atomic E-state index is 0.371. The Morgan fingerprint density at radius 2 is 2.17 bits per heavy atom. The Bertz CT molecular complexity index is 243. The monoisotopic (exact) mass is 164 g/mol. The summed E-state index contributed by atoms with van der Waals surface area (Å²) in [6.45, 7) is 4.41. The second kappa shape index (κ2) is 4.15. The topological polar surface area (TPSA) is 20.2 Å². The molecule has 0 aliphatic heterocycles. The fraction of sp³-hybridized carbons (Fsp3) is 0.455. The smallest absolute Gasteiger partial charge is 0.115 e. The average Bonchev–Trinajstić information content (AvgIpc) is 2.04. The number of benzene rings is 1. The van der Waals surface area contributed by atoms with Crippen molar-refractivity contribution in [3.63, 3.8) is 0 Å². The van der Waals surface area contributed by atoms with Crippen molar-refractivity contribution in [2.45, 2.75) is 26.7 Å². The third-order valence-corrected chi connectivity index (χ3v) is 2.19. The number of hydrogen-bond acceptors (Lipinski definition) is 1. The average molecular weight is 164 g/mol. The zero-order valence-corrected chi connectivity index (χ0v) is 7.75. The van der Waals surface area contributed by atoms with Crippen LogP contribution in [0.25, 0.3) is 0 Å². The first-order chi connectivity index (χ1) is 5.72. The third kappa shape index (κ3) is 2.57. The molecule has 66 valence electrons. The Hall–Kier alpha value is -0.980. The van der Waals surface area contributed by atoms with Gasteiger partial charge in [0, 0.05) is 0 Å². The highest BCUT2D eigenvalue weighted by Gasteiger charge is 2.00. The van der Waals surface area contributed by atoms with E-state index in [0.29, 0.717) is 11.7 Å². The van der Waals surface area contributed by atoms with Crippen molar-refractivity contribution in [2.75, 3.05) is 0 Å². The first kappa shape index (κ1) is 9.11. The van der Waals surface area contributed by atoms with Gasteiger partial charge in [-0.15, -0.1) is 0 Å². The van der Waals surface area contributed by atoms with E-state index >= 15 is 0 Å². The van der Waals surface area contributed by atoms with E-state index in [4.69, 9.17) is 0 Å². The molecule has 0 saturated carbocycles. The lowest BCUT2D eigenvalue weighted by atomic mass is 9.99. The van der Waals surface area contributed by atoms with Crippen molar-refractivity contribution >= 4 is 0 Å². The Morgan fingerprint density at radius 1 is 1.42 bits per heavy atom. The second-order valence-electron chi connectivity index (χ2n) is 3.39. The number of phenolic OH excluding ortho intramolecular Hbond substituents is 1. The van der Waals surface area contributed by atoms with Crippen LogP contribution in [0.3, 0.4) is 0 Å². The summed E-state index contributed by atoms with van der Waals surface area (Å²) in [6, 6.07) is 7.51. The molecule has 1 aromatic rings. The maximum absolute atomic E-state index is 9.20. The maximum atomic E-state index is 9.20. The van der Waals surface area contributed by atoms with Gasteiger partial charge in [-0.05, 0) is 30.0 Å². The molecular weight excluding hydrogens is 148 g/mol. The summed E-state index contributed by atoms with van der Waals surface area (Å²) >= 11 is 0. The molecule has 0 heterocycles. The van der Waals surface area contributed by atoms with Crippen LogP contribution in [0.4, 0.5) is 0 Å². The Labute approximate surface area is 74.1 Å². The zero-order valence-electron chi connectivity index (χ0n) is 7.75. The Balaban J connectivity index is 2.63. The van der Waals surface area contributed by atoms with Crippen molar-refractivity contribution in [2.24, 2.45) is 5.92 Å². The van der Waals surface area contributed by atoms with Gasteiger partial charge in [-0.2, -0.15) is 0 Å². The molecule has 12 heavy (non-hydrogen) atoms. The van der Waals surface area contributed by atoms with Crippen LogP contribution in [-0.4, -0.2) is 5.11 Å². The van der Waals surface area contributed by atoms with E-state index < -0.39 is 0 Å². The summed E-state index contributed by atoms with van der Waals surface area (Å²) < 4.78 is 0. The molecule has 0 bridgehead atoms. The normalized spacial score (nSPS) is 12.8. The SMILES string of the molecule is CCC(C)Cc1cccc(O)c1. The summed E-state index contributed by atoms with van der Waals surface area (Å²) in [4.78, 5) is 0. The Kier molecular flexibility index (Phi) is 3.15. The molecule has 0 amide bonds. The molecule has 0 saturated heterocycles. The lowest BCUT2D eigenvalue weighted by Crippen LogP contribution is -1.96. The van der Waals surface area contributed by atoms with E-state index in [2.05, 4.69) is 19.9 Å². The van der Waals surface area contributed by atoms with Crippen molar-refractivity contribution in [3.8, 4) is 5.75 Å². The van der Waals surface area contributed by atoms with Gasteiger partial charge in [0.2, 0.25) is 0 Å². The van der Waals surface area contributed by atoms with Gasteiger partial charge in [0.05, 0.1) is 0 Å². The van der Waals surface area contributed by atoms with Crippen LogP contribution in [0.5, 0.6) is 5.75 Å². The minimum Gasteiger partial charge on any atom is -0.508 e. The van der Waals surface area contributed by atoms with E-state index in [1.165, 1.54) is 12.0 Å². The predicted octanol–water partition coefficient (Wildman–Crippen LogP) is 2.98. The van der Waals surface area contributed by atoms with Gasteiger partial charge in [-0.25, -0.2) is 0 Å². The third-order valence-electron chi connectivity index (χ3n) is 2.19. The van der Waals surface area contributed by atoms with E-state index in [0.717, 1.165) is 6.42 Å². The first-order valence-corrected chi connectivity index (χ1v) is 4.50. The van der Waals surface area contributed by atoms with Gasteiger partial charge in [0.1, 0.15) is 5.75 Å². The van der Waals surface area contributed by atoms with Crippen LogP contribution in [-0.2, 0) is 6.42 Å². The molecule has 0 aromatic heterocycles. The molecule has 1 aromatic carbocycles.